The van der Waals surface area contributed by atoms with E-state index in [2.05, 4.69) is 21.0 Å². The Hall–Kier alpha value is -0.920. The molecule has 0 spiro atoms. The van der Waals surface area contributed by atoms with Crippen molar-refractivity contribution in [2.45, 2.75) is 11.4 Å². The van der Waals surface area contributed by atoms with Crippen LogP contribution in [-0.4, -0.2) is 18.2 Å². The third-order valence-electron chi connectivity index (χ3n) is 2.22. The quantitative estimate of drug-likeness (QED) is 0.797. The normalized spacial score (nSPS) is 11.7. The van der Waals surface area contributed by atoms with Gasteiger partial charge in [0.1, 0.15) is 10.7 Å². The van der Waals surface area contributed by atoms with Gasteiger partial charge in [0.05, 0.1) is 17.2 Å². The lowest BCUT2D eigenvalue weighted by Crippen LogP contribution is -2.00. The van der Waals surface area contributed by atoms with Crippen molar-refractivity contribution in [3.05, 3.63) is 46.4 Å². The van der Waals surface area contributed by atoms with Crippen LogP contribution < -0.4 is 0 Å². The van der Waals surface area contributed by atoms with E-state index < -0.39 is 9.05 Å². The molecule has 96 valence electrons. The summed E-state index contributed by atoms with van der Waals surface area (Å²) in [5.41, 5.74) is 0.782. The fourth-order valence-electron chi connectivity index (χ4n) is 1.38. The first-order chi connectivity index (χ1) is 8.36. The van der Waals surface area contributed by atoms with E-state index >= 15 is 0 Å². The molecule has 0 saturated carbocycles. The zero-order valence-corrected chi connectivity index (χ0v) is 12.0. The average Bonchev–Trinajstić information content (AvgIpc) is 2.72. The van der Waals surface area contributed by atoms with E-state index in [0.29, 0.717) is 11.0 Å². The highest BCUT2D eigenvalue weighted by atomic mass is 79.9. The Morgan fingerprint density at radius 1 is 1.44 bits per heavy atom. The van der Waals surface area contributed by atoms with Gasteiger partial charge in [-0.1, -0.05) is 6.07 Å². The summed E-state index contributed by atoms with van der Waals surface area (Å²) < 4.78 is 36.9. The summed E-state index contributed by atoms with van der Waals surface area (Å²) in [6.45, 7) is 0.325. The highest BCUT2D eigenvalue weighted by molar-refractivity contribution is 9.10. The SMILES string of the molecule is O=S(=O)(Cl)c1cnn(Cc2ccc(F)c(Br)c2)c1. The molecule has 0 unspecified atom stereocenters. The molecule has 0 fully saturated rings. The minimum absolute atomic E-state index is 0.0645. The highest BCUT2D eigenvalue weighted by Gasteiger charge is 2.12. The van der Waals surface area contributed by atoms with Crippen LogP contribution in [0.25, 0.3) is 0 Å². The molecule has 0 aliphatic carbocycles. The standard InChI is InChI=1S/C10H7BrClFN2O2S/c11-9-3-7(1-2-10(9)13)5-15-6-8(4-14-15)18(12,16)17/h1-4,6H,5H2. The van der Waals surface area contributed by atoms with Crippen molar-refractivity contribution >= 4 is 35.7 Å². The van der Waals surface area contributed by atoms with Crippen molar-refractivity contribution in [2.24, 2.45) is 0 Å². The van der Waals surface area contributed by atoms with Gasteiger partial charge < -0.3 is 0 Å². The second-order valence-corrected chi connectivity index (χ2v) is 6.98. The number of aromatic nitrogens is 2. The minimum atomic E-state index is -3.77. The third kappa shape index (κ3) is 3.09. The fourth-order valence-corrected chi connectivity index (χ4v) is 2.47. The van der Waals surface area contributed by atoms with E-state index in [1.165, 1.54) is 23.1 Å². The number of hydrogen-bond acceptors (Lipinski definition) is 3. The molecule has 0 saturated heterocycles. The van der Waals surface area contributed by atoms with Gasteiger partial charge in [0.15, 0.2) is 0 Å². The lowest BCUT2D eigenvalue weighted by atomic mass is 10.2. The molecule has 1 aromatic heterocycles. The first-order valence-corrected chi connectivity index (χ1v) is 7.87. The van der Waals surface area contributed by atoms with E-state index in [9.17, 15) is 12.8 Å². The summed E-state index contributed by atoms with van der Waals surface area (Å²) in [5, 5.41) is 3.87. The average molecular weight is 354 g/mol. The summed E-state index contributed by atoms with van der Waals surface area (Å²) in [5.74, 6) is -0.358. The maximum absolute atomic E-state index is 13.0. The van der Waals surface area contributed by atoms with Crippen LogP contribution in [0.1, 0.15) is 5.56 Å². The van der Waals surface area contributed by atoms with Gasteiger partial charge >= 0.3 is 0 Å². The summed E-state index contributed by atoms with van der Waals surface area (Å²) in [6, 6.07) is 4.52. The largest absolute Gasteiger partial charge is 0.267 e. The molecule has 2 aromatic rings. The Morgan fingerprint density at radius 2 is 2.17 bits per heavy atom. The van der Waals surface area contributed by atoms with Crippen molar-refractivity contribution in [3.8, 4) is 0 Å². The zero-order valence-electron chi connectivity index (χ0n) is 8.85. The van der Waals surface area contributed by atoms with E-state index in [4.69, 9.17) is 10.7 Å². The summed E-state index contributed by atoms with van der Waals surface area (Å²) >= 11 is 3.07. The van der Waals surface area contributed by atoms with Gasteiger partial charge in [-0.15, -0.1) is 0 Å². The number of halogens is 3. The van der Waals surface area contributed by atoms with E-state index in [0.717, 1.165) is 5.56 Å². The second kappa shape index (κ2) is 4.99. The molecule has 4 nitrogen and oxygen atoms in total. The van der Waals surface area contributed by atoms with Crippen LogP contribution in [-0.2, 0) is 15.6 Å². The van der Waals surface area contributed by atoms with Gasteiger partial charge in [0.2, 0.25) is 0 Å². The number of benzene rings is 1. The fraction of sp³-hybridized carbons (Fsp3) is 0.100. The Balaban J connectivity index is 2.24. The number of hydrogen-bond donors (Lipinski definition) is 0. The zero-order chi connectivity index (χ0) is 13.3. The first kappa shape index (κ1) is 13.5. The van der Waals surface area contributed by atoms with Crippen molar-refractivity contribution in [1.82, 2.24) is 9.78 Å². The molecule has 18 heavy (non-hydrogen) atoms. The molecule has 0 atom stereocenters. The third-order valence-corrected chi connectivity index (χ3v) is 4.14. The molecule has 0 aliphatic heterocycles. The summed E-state index contributed by atoms with van der Waals surface area (Å²) in [4.78, 5) is -0.0645. The first-order valence-electron chi connectivity index (χ1n) is 4.77. The van der Waals surface area contributed by atoms with Crippen molar-refractivity contribution in [2.75, 3.05) is 0 Å². The van der Waals surface area contributed by atoms with E-state index in [-0.39, 0.29) is 10.7 Å². The summed E-state index contributed by atoms with van der Waals surface area (Å²) in [7, 11) is 1.41. The molecule has 1 heterocycles. The van der Waals surface area contributed by atoms with Crippen LogP contribution in [0.15, 0.2) is 40.0 Å². The molecule has 0 aliphatic rings. The maximum Gasteiger partial charge on any atom is 0.264 e. The van der Waals surface area contributed by atoms with Gasteiger partial charge in [-0.05, 0) is 33.6 Å². The smallest absolute Gasteiger partial charge is 0.264 e. The number of nitrogens with zero attached hydrogens (tertiary/aromatic N) is 2. The molecule has 8 heteroatoms. The lowest BCUT2D eigenvalue weighted by Gasteiger charge is -2.03. The minimum Gasteiger partial charge on any atom is -0.267 e. The molecule has 0 bridgehead atoms. The van der Waals surface area contributed by atoms with Gasteiger partial charge in [0, 0.05) is 16.9 Å². The molecule has 0 N–H and O–H groups in total. The topological polar surface area (TPSA) is 52.0 Å². The lowest BCUT2D eigenvalue weighted by molar-refractivity contribution is 0.609. The van der Waals surface area contributed by atoms with Gasteiger partial charge in [-0.25, -0.2) is 12.8 Å². The predicted molar refractivity (Wildman–Crippen MR) is 68.5 cm³/mol. The monoisotopic (exact) mass is 352 g/mol. The van der Waals surface area contributed by atoms with Gasteiger partial charge in [-0.3, -0.25) is 4.68 Å². The van der Waals surface area contributed by atoms with Crippen LogP contribution in [0.2, 0.25) is 0 Å². The molecular weight excluding hydrogens is 347 g/mol. The molecule has 1 aromatic carbocycles. The van der Waals surface area contributed by atoms with Crippen molar-refractivity contribution in [1.29, 1.82) is 0 Å². The Bertz CT molecular complexity index is 687. The molecule has 2 rings (SSSR count). The van der Waals surface area contributed by atoms with E-state index in [1.54, 1.807) is 12.1 Å². The number of rotatable bonds is 3. The van der Waals surface area contributed by atoms with Crippen LogP contribution in [0.5, 0.6) is 0 Å². The van der Waals surface area contributed by atoms with Crippen molar-refractivity contribution < 1.29 is 12.8 Å². The Morgan fingerprint density at radius 3 is 2.72 bits per heavy atom. The van der Waals surface area contributed by atoms with Crippen LogP contribution >= 0.6 is 26.6 Å². The molecule has 0 amide bonds. The molecule has 0 radical (unpaired) electrons. The van der Waals surface area contributed by atoms with E-state index in [1.807, 2.05) is 0 Å². The molecular formula is C10H7BrClFN2O2S. The van der Waals surface area contributed by atoms with Crippen LogP contribution in [0.3, 0.4) is 0 Å². The Kier molecular flexibility index (Phi) is 3.74. The predicted octanol–water partition coefficient (Wildman–Crippen LogP) is 2.76. The van der Waals surface area contributed by atoms with Crippen LogP contribution in [0.4, 0.5) is 4.39 Å². The van der Waals surface area contributed by atoms with Crippen molar-refractivity contribution in [3.63, 3.8) is 0 Å². The summed E-state index contributed by atoms with van der Waals surface area (Å²) in [6.07, 6.45) is 2.49. The van der Waals surface area contributed by atoms with Crippen LogP contribution in [0, 0.1) is 5.82 Å². The maximum atomic E-state index is 13.0. The Labute approximate surface area is 116 Å². The second-order valence-electron chi connectivity index (χ2n) is 3.56. The highest BCUT2D eigenvalue weighted by Crippen LogP contribution is 2.18. The van der Waals surface area contributed by atoms with Gasteiger partial charge in [-0.2, -0.15) is 5.10 Å². The van der Waals surface area contributed by atoms with Gasteiger partial charge in [0.25, 0.3) is 9.05 Å².